The summed E-state index contributed by atoms with van der Waals surface area (Å²) in [6.07, 6.45) is 0. The van der Waals surface area contributed by atoms with Gasteiger partial charge in [0.15, 0.2) is 0 Å². The lowest BCUT2D eigenvalue weighted by Gasteiger charge is -2.18. The molecule has 0 aliphatic carbocycles. The van der Waals surface area contributed by atoms with Gasteiger partial charge in [0.1, 0.15) is 6.04 Å². The van der Waals surface area contributed by atoms with Crippen LogP contribution in [0.2, 0.25) is 0 Å². The van der Waals surface area contributed by atoms with Crippen LogP contribution in [0.3, 0.4) is 0 Å². The summed E-state index contributed by atoms with van der Waals surface area (Å²) < 4.78 is 31.2. The third-order valence-electron chi connectivity index (χ3n) is 2.80. The van der Waals surface area contributed by atoms with Crippen molar-refractivity contribution in [1.82, 2.24) is 4.72 Å². The molecule has 0 heterocycles. The number of methoxy groups -OCH3 is 1. The molecule has 1 rings (SSSR count). The fraction of sp³-hybridized carbons (Fsp3) is 0.385. The molecule has 1 aromatic rings. The molecule has 0 unspecified atom stereocenters. The highest BCUT2D eigenvalue weighted by molar-refractivity contribution is 7.89. The quantitative estimate of drug-likeness (QED) is 0.753. The summed E-state index contributed by atoms with van der Waals surface area (Å²) in [5, 5.41) is 9.06. The van der Waals surface area contributed by atoms with E-state index in [1.165, 1.54) is 24.3 Å². The molecule has 0 aromatic heterocycles. The zero-order valence-electron chi connectivity index (χ0n) is 11.9. The van der Waals surface area contributed by atoms with Crippen molar-refractivity contribution in [3.8, 4) is 0 Å². The number of rotatable bonds is 6. The number of hydrogen-bond acceptors (Lipinski definition) is 5. The second kappa shape index (κ2) is 6.68. The van der Waals surface area contributed by atoms with Crippen molar-refractivity contribution in [2.75, 3.05) is 7.11 Å². The van der Waals surface area contributed by atoms with Gasteiger partial charge in [0.25, 0.3) is 0 Å². The van der Waals surface area contributed by atoms with Gasteiger partial charge in [-0.05, 0) is 18.1 Å². The van der Waals surface area contributed by atoms with Crippen LogP contribution in [0.25, 0.3) is 0 Å². The highest BCUT2D eigenvalue weighted by Crippen LogP contribution is 2.18. The summed E-state index contributed by atoms with van der Waals surface area (Å²) >= 11 is 0. The van der Waals surface area contributed by atoms with Crippen molar-refractivity contribution in [2.24, 2.45) is 5.92 Å². The van der Waals surface area contributed by atoms with E-state index in [2.05, 4.69) is 9.46 Å². The molecule has 0 spiro atoms. The van der Waals surface area contributed by atoms with E-state index >= 15 is 0 Å². The third kappa shape index (κ3) is 4.02. The fourth-order valence-electron chi connectivity index (χ4n) is 1.68. The van der Waals surface area contributed by atoms with E-state index in [1.807, 2.05) is 0 Å². The Morgan fingerprint density at radius 2 is 1.81 bits per heavy atom. The average Bonchev–Trinajstić information content (AvgIpc) is 2.43. The van der Waals surface area contributed by atoms with Gasteiger partial charge in [-0.25, -0.2) is 13.2 Å². The second-order valence-corrected chi connectivity index (χ2v) is 6.35. The minimum atomic E-state index is -4.17. The molecule has 0 saturated carbocycles. The smallest absolute Gasteiger partial charge is 0.339 e. The molecule has 7 nitrogen and oxygen atoms in total. The van der Waals surface area contributed by atoms with E-state index in [0.29, 0.717) is 0 Å². The second-order valence-electron chi connectivity index (χ2n) is 4.67. The van der Waals surface area contributed by atoms with Crippen molar-refractivity contribution in [2.45, 2.75) is 24.8 Å². The first kappa shape index (κ1) is 17.1. The Labute approximate surface area is 123 Å². The van der Waals surface area contributed by atoms with Crippen molar-refractivity contribution < 1.29 is 27.9 Å². The van der Waals surface area contributed by atoms with Crippen molar-refractivity contribution in [3.05, 3.63) is 29.8 Å². The first-order valence-corrected chi connectivity index (χ1v) is 7.61. The maximum absolute atomic E-state index is 12.3. The molecule has 0 bridgehead atoms. The molecule has 0 radical (unpaired) electrons. The van der Waals surface area contributed by atoms with E-state index < -0.39 is 33.9 Å². The minimum absolute atomic E-state index is 0.152. The van der Waals surface area contributed by atoms with Crippen LogP contribution < -0.4 is 4.72 Å². The maximum atomic E-state index is 12.3. The Bertz CT molecular complexity index is 638. The molecule has 0 fully saturated rings. The molecule has 21 heavy (non-hydrogen) atoms. The summed E-state index contributed by atoms with van der Waals surface area (Å²) in [6.45, 7) is 3.15. The van der Waals surface area contributed by atoms with Crippen molar-refractivity contribution in [1.29, 1.82) is 0 Å². The molecular weight excluding hydrogens is 298 g/mol. The maximum Gasteiger partial charge on any atom is 0.339 e. The third-order valence-corrected chi connectivity index (χ3v) is 4.30. The number of aliphatic carboxylic acids is 1. The minimum Gasteiger partial charge on any atom is -0.480 e. The lowest BCUT2D eigenvalue weighted by Crippen LogP contribution is -2.44. The summed E-state index contributed by atoms with van der Waals surface area (Å²) in [6, 6.07) is 4.15. The molecular formula is C13H17NO6S. The van der Waals surface area contributed by atoms with Crippen molar-refractivity contribution in [3.63, 3.8) is 0 Å². The van der Waals surface area contributed by atoms with Crippen LogP contribution in [0.5, 0.6) is 0 Å². The van der Waals surface area contributed by atoms with Crippen LogP contribution >= 0.6 is 0 Å². The number of sulfonamides is 1. The number of nitrogens with one attached hydrogen (secondary N) is 1. The first-order chi connectivity index (χ1) is 9.70. The number of esters is 1. The standard InChI is InChI=1S/C13H17NO6S/c1-8(2)11(12(15)16)14-21(18,19)10-7-5-4-6-9(10)13(17)20-3/h4-8,11,14H,1-3H3,(H,15,16)/t11-/m0/s1. The largest absolute Gasteiger partial charge is 0.480 e. The highest BCUT2D eigenvalue weighted by Gasteiger charge is 2.30. The highest BCUT2D eigenvalue weighted by atomic mass is 32.2. The van der Waals surface area contributed by atoms with E-state index in [-0.39, 0.29) is 10.5 Å². The molecule has 2 N–H and O–H groups in total. The van der Waals surface area contributed by atoms with Gasteiger partial charge in [-0.3, -0.25) is 4.79 Å². The van der Waals surface area contributed by atoms with Gasteiger partial charge >= 0.3 is 11.9 Å². The SMILES string of the molecule is COC(=O)c1ccccc1S(=O)(=O)N[C@H](C(=O)O)C(C)C. The Balaban J connectivity index is 3.26. The van der Waals surface area contributed by atoms with Gasteiger partial charge in [0, 0.05) is 0 Å². The normalized spacial score (nSPS) is 13.0. The van der Waals surface area contributed by atoms with Crippen LogP contribution in [0.15, 0.2) is 29.2 Å². The summed E-state index contributed by atoms with van der Waals surface area (Å²) in [5.74, 6) is -2.56. The number of hydrogen-bond donors (Lipinski definition) is 2. The molecule has 1 atom stereocenters. The lowest BCUT2D eigenvalue weighted by atomic mass is 10.1. The number of carboxylic acids is 1. The number of ether oxygens (including phenoxy) is 1. The Morgan fingerprint density at radius 3 is 2.29 bits per heavy atom. The topological polar surface area (TPSA) is 110 Å². The van der Waals surface area contributed by atoms with Gasteiger partial charge in [0.2, 0.25) is 10.0 Å². The predicted molar refractivity (Wildman–Crippen MR) is 74.4 cm³/mol. The summed E-state index contributed by atoms with van der Waals surface area (Å²) in [7, 11) is -3.03. The summed E-state index contributed by atoms with van der Waals surface area (Å²) in [4.78, 5) is 22.4. The monoisotopic (exact) mass is 315 g/mol. The van der Waals surface area contributed by atoms with Crippen molar-refractivity contribution >= 4 is 22.0 Å². The Hall–Kier alpha value is -1.93. The first-order valence-electron chi connectivity index (χ1n) is 6.13. The zero-order chi connectivity index (χ0) is 16.2. The molecule has 8 heteroatoms. The van der Waals surface area contributed by atoms with Gasteiger partial charge in [-0.2, -0.15) is 4.72 Å². The molecule has 0 saturated heterocycles. The number of carbonyl (C=O) groups excluding carboxylic acids is 1. The lowest BCUT2D eigenvalue weighted by molar-refractivity contribution is -0.140. The van der Waals surface area contributed by atoms with E-state index in [0.717, 1.165) is 7.11 Å². The van der Waals surface area contributed by atoms with Crippen LogP contribution in [-0.2, 0) is 19.6 Å². The van der Waals surface area contributed by atoms with Gasteiger partial charge in [-0.15, -0.1) is 0 Å². The van der Waals surface area contributed by atoms with Gasteiger partial charge in [0.05, 0.1) is 17.6 Å². The van der Waals surface area contributed by atoms with Crippen LogP contribution in [0, 0.1) is 5.92 Å². The molecule has 0 aliphatic rings. The Morgan fingerprint density at radius 1 is 1.24 bits per heavy atom. The van der Waals surface area contributed by atoms with Crippen LogP contribution in [0.4, 0.5) is 0 Å². The number of carbonyl (C=O) groups is 2. The van der Waals surface area contributed by atoms with Gasteiger partial charge in [-0.1, -0.05) is 26.0 Å². The number of benzene rings is 1. The predicted octanol–water partition coefficient (Wildman–Crippen LogP) is 0.861. The van der Waals surface area contributed by atoms with E-state index in [1.54, 1.807) is 13.8 Å². The molecule has 1 aromatic carbocycles. The summed E-state index contributed by atoms with van der Waals surface area (Å²) in [5.41, 5.74) is -0.152. The number of carboxylic acid groups (broad SMARTS) is 1. The molecule has 0 amide bonds. The van der Waals surface area contributed by atoms with E-state index in [4.69, 9.17) is 5.11 Å². The van der Waals surface area contributed by atoms with Crippen LogP contribution in [-0.4, -0.2) is 38.6 Å². The molecule has 116 valence electrons. The molecule has 0 aliphatic heterocycles. The zero-order valence-corrected chi connectivity index (χ0v) is 12.7. The fourth-order valence-corrected chi connectivity index (χ4v) is 3.21. The van der Waals surface area contributed by atoms with Crippen LogP contribution in [0.1, 0.15) is 24.2 Å². The van der Waals surface area contributed by atoms with E-state index in [9.17, 15) is 18.0 Å². The van der Waals surface area contributed by atoms with Gasteiger partial charge < -0.3 is 9.84 Å². The Kier molecular flexibility index (Phi) is 5.45. The average molecular weight is 315 g/mol.